The van der Waals surface area contributed by atoms with Crippen molar-refractivity contribution >= 4 is 12.0 Å². The topological polar surface area (TPSA) is 97.5 Å². The number of pyridine rings is 1. The SMILES string of the molecule is COC(=O)NC1CCN(C(=O)c2ccc(CN)cn2)C1. The van der Waals surface area contributed by atoms with Gasteiger partial charge in [-0.2, -0.15) is 0 Å². The molecule has 0 aliphatic carbocycles. The van der Waals surface area contributed by atoms with Crippen LogP contribution in [0.3, 0.4) is 0 Å². The Morgan fingerprint density at radius 2 is 2.35 bits per heavy atom. The van der Waals surface area contributed by atoms with Crippen LogP contribution >= 0.6 is 0 Å². The number of nitrogens with zero attached hydrogens (tertiary/aromatic N) is 2. The fourth-order valence-corrected chi connectivity index (χ4v) is 2.12. The number of amides is 2. The van der Waals surface area contributed by atoms with Gasteiger partial charge in [-0.25, -0.2) is 4.79 Å². The highest BCUT2D eigenvalue weighted by molar-refractivity contribution is 5.92. The molecule has 0 bridgehead atoms. The Bertz CT molecular complexity index is 489. The van der Waals surface area contributed by atoms with E-state index < -0.39 is 6.09 Å². The number of likely N-dealkylation sites (tertiary alicyclic amines) is 1. The number of methoxy groups -OCH3 is 1. The first-order valence-corrected chi connectivity index (χ1v) is 6.42. The normalized spacial score (nSPS) is 17.9. The molecule has 1 aliphatic rings. The molecule has 3 N–H and O–H groups in total. The fraction of sp³-hybridized carbons (Fsp3) is 0.462. The van der Waals surface area contributed by atoms with E-state index in [9.17, 15) is 9.59 Å². The maximum absolute atomic E-state index is 12.2. The highest BCUT2D eigenvalue weighted by Gasteiger charge is 2.28. The van der Waals surface area contributed by atoms with Crippen molar-refractivity contribution in [1.82, 2.24) is 15.2 Å². The lowest BCUT2D eigenvalue weighted by molar-refractivity contribution is 0.0782. The quantitative estimate of drug-likeness (QED) is 0.818. The van der Waals surface area contributed by atoms with Crippen LogP contribution in [-0.4, -0.2) is 48.1 Å². The average Bonchev–Trinajstić information content (AvgIpc) is 2.95. The number of nitrogens with one attached hydrogen (secondary N) is 1. The zero-order valence-corrected chi connectivity index (χ0v) is 11.3. The van der Waals surface area contributed by atoms with E-state index in [-0.39, 0.29) is 11.9 Å². The molecular weight excluding hydrogens is 260 g/mol. The van der Waals surface area contributed by atoms with Gasteiger partial charge in [0.25, 0.3) is 5.91 Å². The van der Waals surface area contributed by atoms with Gasteiger partial charge in [0.1, 0.15) is 5.69 Å². The van der Waals surface area contributed by atoms with Crippen LogP contribution in [0.4, 0.5) is 4.79 Å². The summed E-state index contributed by atoms with van der Waals surface area (Å²) in [6.07, 6.45) is 1.84. The van der Waals surface area contributed by atoms with Gasteiger partial charge in [0.05, 0.1) is 13.2 Å². The Morgan fingerprint density at radius 1 is 1.55 bits per heavy atom. The molecule has 7 heteroatoms. The summed E-state index contributed by atoms with van der Waals surface area (Å²) in [6.45, 7) is 1.46. The molecule has 1 unspecified atom stereocenters. The second kappa shape index (κ2) is 6.33. The molecule has 7 nitrogen and oxygen atoms in total. The highest BCUT2D eigenvalue weighted by Crippen LogP contribution is 2.13. The van der Waals surface area contributed by atoms with Gasteiger partial charge in [0, 0.05) is 25.8 Å². The van der Waals surface area contributed by atoms with Gasteiger partial charge >= 0.3 is 6.09 Å². The minimum Gasteiger partial charge on any atom is -0.453 e. The van der Waals surface area contributed by atoms with Gasteiger partial charge in [0.2, 0.25) is 0 Å². The largest absolute Gasteiger partial charge is 0.453 e. The molecule has 108 valence electrons. The zero-order valence-electron chi connectivity index (χ0n) is 11.3. The van der Waals surface area contributed by atoms with E-state index >= 15 is 0 Å². The van der Waals surface area contributed by atoms with Crippen LogP contribution in [0.1, 0.15) is 22.5 Å². The monoisotopic (exact) mass is 278 g/mol. The summed E-state index contributed by atoms with van der Waals surface area (Å²) in [6, 6.07) is 3.39. The van der Waals surface area contributed by atoms with E-state index in [1.165, 1.54) is 7.11 Å². The van der Waals surface area contributed by atoms with Crippen LogP contribution in [0.15, 0.2) is 18.3 Å². The molecule has 2 rings (SSSR count). The first-order valence-electron chi connectivity index (χ1n) is 6.42. The molecule has 0 radical (unpaired) electrons. The molecule has 0 saturated carbocycles. The van der Waals surface area contributed by atoms with Crippen LogP contribution in [0, 0.1) is 0 Å². The molecule has 2 heterocycles. The summed E-state index contributed by atoms with van der Waals surface area (Å²) < 4.78 is 4.54. The smallest absolute Gasteiger partial charge is 0.407 e. The molecule has 1 fully saturated rings. The number of hydrogen-bond acceptors (Lipinski definition) is 5. The van der Waals surface area contributed by atoms with E-state index in [1.54, 1.807) is 23.2 Å². The van der Waals surface area contributed by atoms with Crippen molar-refractivity contribution in [3.63, 3.8) is 0 Å². The Balaban J connectivity index is 1.95. The van der Waals surface area contributed by atoms with Crippen LogP contribution in [-0.2, 0) is 11.3 Å². The number of carbonyl (C=O) groups is 2. The third-order valence-corrected chi connectivity index (χ3v) is 3.26. The summed E-state index contributed by atoms with van der Waals surface area (Å²) in [4.78, 5) is 29.1. The first-order chi connectivity index (χ1) is 9.63. The number of ether oxygens (including phenoxy) is 1. The number of alkyl carbamates (subject to hydrolysis) is 1. The van der Waals surface area contributed by atoms with Gasteiger partial charge in [-0.3, -0.25) is 9.78 Å². The predicted molar refractivity (Wildman–Crippen MR) is 72.0 cm³/mol. The Hall–Kier alpha value is -2.15. The number of nitrogens with two attached hydrogens (primary N) is 1. The number of aromatic nitrogens is 1. The van der Waals surface area contributed by atoms with Crippen molar-refractivity contribution in [2.75, 3.05) is 20.2 Å². The highest BCUT2D eigenvalue weighted by atomic mass is 16.5. The van der Waals surface area contributed by atoms with Gasteiger partial charge < -0.3 is 20.7 Å². The maximum atomic E-state index is 12.2. The predicted octanol–water partition coefficient (Wildman–Crippen LogP) is 0.111. The molecule has 20 heavy (non-hydrogen) atoms. The van der Waals surface area contributed by atoms with E-state index in [0.29, 0.717) is 31.7 Å². The summed E-state index contributed by atoms with van der Waals surface area (Å²) >= 11 is 0. The minimum absolute atomic E-state index is 0.0743. The van der Waals surface area contributed by atoms with E-state index in [4.69, 9.17) is 5.73 Å². The van der Waals surface area contributed by atoms with Crippen molar-refractivity contribution < 1.29 is 14.3 Å². The lowest BCUT2D eigenvalue weighted by Gasteiger charge is -2.16. The van der Waals surface area contributed by atoms with Gasteiger partial charge in [-0.15, -0.1) is 0 Å². The van der Waals surface area contributed by atoms with E-state index in [2.05, 4.69) is 15.0 Å². The van der Waals surface area contributed by atoms with E-state index in [0.717, 1.165) is 5.56 Å². The van der Waals surface area contributed by atoms with Crippen molar-refractivity contribution in [3.8, 4) is 0 Å². The molecule has 1 atom stereocenters. The van der Waals surface area contributed by atoms with Crippen molar-refractivity contribution in [2.24, 2.45) is 5.73 Å². The van der Waals surface area contributed by atoms with Crippen molar-refractivity contribution in [1.29, 1.82) is 0 Å². The van der Waals surface area contributed by atoms with Crippen LogP contribution in [0.2, 0.25) is 0 Å². The lowest BCUT2D eigenvalue weighted by Crippen LogP contribution is -2.38. The van der Waals surface area contributed by atoms with Crippen molar-refractivity contribution in [2.45, 2.75) is 19.0 Å². The molecule has 0 aromatic carbocycles. The second-order valence-corrected chi connectivity index (χ2v) is 4.63. The Morgan fingerprint density at radius 3 is 2.95 bits per heavy atom. The molecule has 1 aromatic heterocycles. The standard InChI is InChI=1S/C13H18N4O3/c1-20-13(19)16-10-4-5-17(8-10)12(18)11-3-2-9(6-14)7-15-11/h2-3,7,10H,4-6,8,14H2,1H3,(H,16,19). The maximum Gasteiger partial charge on any atom is 0.407 e. The second-order valence-electron chi connectivity index (χ2n) is 4.63. The zero-order chi connectivity index (χ0) is 14.5. The molecule has 0 spiro atoms. The van der Waals surface area contributed by atoms with Gasteiger partial charge in [0.15, 0.2) is 0 Å². The third-order valence-electron chi connectivity index (χ3n) is 3.26. The Labute approximate surface area is 117 Å². The summed E-state index contributed by atoms with van der Waals surface area (Å²) in [7, 11) is 1.32. The lowest BCUT2D eigenvalue weighted by atomic mass is 10.2. The van der Waals surface area contributed by atoms with Crippen LogP contribution in [0.25, 0.3) is 0 Å². The summed E-state index contributed by atoms with van der Waals surface area (Å²) in [5.74, 6) is -0.136. The minimum atomic E-state index is -0.477. The van der Waals surface area contributed by atoms with Gasteiger partial charge in [-0.05, 0) is 18.1 Å². The molecule has 2 amide bonds. The van der Waals surface area contributed by atoms with Gasteiger partial charge in [-0.1, -0.05) is 6.07 Å². The van der Waals surface area contributed by atoms with Crippen LogP contribution in [0.5, 0.6) is 0 Å². The summed E-state index contributed by atoms with van der Waals surface area (Å²) in [5.41, 5.74) is 6.76. The van der Waals surface area contributed by atoms with Crippen molar-refractivity contribution in [3.05, 3.63) is 29.6 Å². The third kappa shape index (κ3) is 3.24. The Kier molecular flexibility index (Phi) is 4.52. The first kappa shape index (κ1) is 14.3. The fourth-order valence-electron chi connectivity index (χ4n) is 2.12. The average molecular weight is 278 g/mol. The number of hydrogen-bond donors (Lipinski definition) is 2. The molecule has 1 aromatic rings. The number of rotatable bonds is 3. The molecule has 1 aliphatic heterocycles. The number of carbonyl (C=O) groups excluding carboxylic acids is 2. The van der Waals surface area contributed by atoms with Crippen LogP contribution < -0.4 is 11.1 Å². The molecular formula is C13H18N4O3. The molecule has 1 saturated heterocycles. The van der Waals surface area contributed by atoms with E-state index in [1.807, 2.05) is 0 Å². The summed E-state index contributed by atoms with van der Waals surface area (Å²) in [5, 5.41) is 2.69.